The molecule has 3 atom stereocenters. The van der Waals surface area contributed by atoms with Gasteiger partial charge < -0.3 is 34.3 Å². The number of fused-ring (bicyclic) bond motifs is 1. The Morgan fingerprint density at radius 2 is 1.72 bits per heavy atom. The third kappa shape index (κ3) is 9.45. The van der Waals surface area contributed by atoms with Crippen molar-refractivity contribution in [2.75, 3.05) is 77.4 Å². The number of nitrogens with one attached hydrogen (secondary N) is 1. The van der Waals surface area contributed by atoms with Gasteiger partial charge in [0.05, 0.1) is 12.3 Å². The Morgan fingerprint density at radius 1 is 0.979 bits per heavy atom. The van der Waals surface area contributed by atoms with Crippen molar-refractivity contribution in [2.45, 2.75) is 94.5 Å². The summed E-state index contributed by atoms with van der Waals surface area (Å²) in [5.41, 5.74) is 1.28. The lowest BCUT2D eigenvalue weighted by molar-refractivity contribution is -0.123. The van der Waals surface area contributed by atoms with E-state index < -0.39 is 6.04 Å². The Morgan fingerprint density at radius 3 is 2.34 bits per heavy atom. The zero-order valence-corrected chi connectivity index (χ0v) is 28.9. The number of hydrogen-bond acceptors (Lipinski definition) is 9. The lowest BCUT2D eigenvalue weighted by Crippen LogP contribution is -2.48. The van der Waals surface area contributed by atoms with Crippen LogP contribution in [0.3, 0.4) is 0 Å². The molecule has 0 aromatic heterocycles. The van der Waals surface area contributed by atoms with Gasteiger partial charge in [-0.25, -0.2) is 0 Å². The van der Waals surface area contributed by atoms with Crippen LogP contribution in [0.15, 0.2) is 18.2 Å². The van der Waals surface area contributed by atoms with E-state index in [4.69, 9.17) is 9.47 Å². The minimum absolute atomic E-state index is 0.0414. The van der Waals surface area contributed by atoms with Gasteiger partial charge in [0.15, 0.2) is 0 Å². The number of rotatable bonds is 14. The van der Waals surface area contributed by atoms with Gasteiger partial charge >= 0.3 is 0 Å². The molecule has 3 unspecified atom stereocenters. The molecule has 4 fully saturated rings. The van der Waals surface area contributed by atoms with E-state index >= 15 is 0 Å². The van der Waals surface area contributed by atoms with Gasteiger partial charge in [-0.1, -0.05) is 6.07 Å². The van der Waals surface area contributed by atoms with Crippen LogP contribution in [0.1, 0.15) is 64.2 Å². The van der Waals surface area contributed by atoms with Crippen LogP contribution in [0.4, 0.5) is 11.4 Å². The van der Waals surface area contributed by atoms with Crippen LogP contribution in [-0.4, -0.2) is 138 Å². The summed E-state index contributed by atoms with van der Waals surface area (Å²) in [6, 6.07) is 6.87. The molecule has 4 heterocycles. The zero-order valence-electron chi connectivity index (χ0n) is 28.9. The van der Waals surface area contributed by atoms with Crippen LogP contribution < -0.4 is 19.9 Å². The van der Waals surface area contributed by atoms with E-state index in [9.17, 15) is 19.2 Å². The molecule has 12 nitrogen and oxygen atoms in total. The first kappa shape index (κ1) is 36.6. The highest BCUT2D eigenvalue weighted by Gasteiger charge is 2.36. The van der Waals surface area contributed by atoms with E-state index in [1.807, 2.05) is 43.1 Å². The van der Waals surface area contributed by atoms with Crippen molar-refractivity contribution < 1.29 is 28.7 Å². The maximum absolute atomic E-state index is 12.6. The van der Waals surface area contributed by atoms with Crippen molar-refractivity contribution in [3.05, 3.63) is 18.2 Å². The highest BCUT2D eigenvalue weighted by molar-refractivity contribution is 5.96. The molecule has 3 amide bonds. The van der Waals surface area contributed by atoms with Crippen LogP contribution >= 0.6 is 0 Å². The first-order chi connectivity index (χ1) is 22.8. The van der Waals surface area contributed by atoms with E-state index in [1.54, 1.807) is 6.07 Å². The van der Waals surface area contributed by atoms with Gasteiger partial charge in [0.25, 0.3) is 0 Å². The summed E-state index contributed by atoms with van der Waals surface area (Å²) >= 11 is 0. The van der Waals surface area contributed by atoms with Gasteiger partial charge in [0.1, 0.15) is 29.9 Å². The second-order valence-corrected chi connectivity index (χ2v) is 13.4. The fourth-order valence-electron chi connectivity index (χ4n) is 7.82. The monoisotopic (exact) mass is 656 g/mol. The van der Waals surface area contributed by atoms with Crippen molar-refractivity contribution in [3.63, 3.8) is 0 Å². The minimum atomic E-state index is -0.805. The molecule has 0 aliphatic carbocycles. The van der Waals surface area contributed by atoms with E-state index in [0.29, 0.717) is 29.6 Å². The standard InChI is InChI=1S/C26H39N5O5.C9H17NO/c1-27-26(35)23(7-5-17-32)31(19-34)22-6-4-8-24(25(22)28(2)3)36-21-11-15-30(16-12-21)20-9-13-29(18-33)14-10-20;1-11-7-9-5-4-8-3-2-6-10(8)9/h4,6,8,17-21,23H,5,7,9-16H2,1-3H3,(H,27,35);8-9H,2-7H2,1H3. The molecule has 4 aliphatic heterocycles. The number of likely N-dealkylation sites (tertiary alicyclic amines) is 2. The Balaban J connectivity index is 0.000000379. The SMILES string of the molecule is CNC(=O)C(CCC=O)N(C=O)c1cccc(OC2CCN(C3CCN(C=O)CC3)CC2)c1N(C)C.COCC1CCC2CCCN21. The number of carbonyl (C=O) groups is 4. The number of hydrogen-bond donors (Lipinski definition) is 1. The molecule has 1 aromatic rings. The number of methoxy groups -OCH3 is 1. The molecule has 47 heavy (non-hydrogen) atoms. The van der Waals surface area contributed by atoms with E-state index in [-0.39, 0.29) is 24.9 Å². The first-order valence-electron chi connectivity index (χ1n) is 17.4. The summed E-state index contributed by atoms with van der Waals surface area (Å²) in [6.45, 7) is 5.78. The largest absolute Gasteiger partial charge is 0.488 e. The Labute approximate surface area is 280 Å². The van der Waals surface area contributed by atoms with Crippen molar-refractivity contribution in [2.24, 2.45) is 0 Å². The van der Waals surface area contributed by atoms with Gasteiger partial charge in [-0.15, -0.1) is 0 Å². The quantitative estimate of drug-likeness (QED) is 0.302. The summed E-state index contributed by atoms with van der Waals surface area (Å²) in [4.78, 5) is 57.0. The predicted octanol–water partition coefficient (Wildman–Crippen LogP) is 2.53. The minimum Gasteiger partial charge on any atom is -0.488 e. The summed E-state index contributed by atoms with van der Waals surface area (Å²) < 4.78 is 11.7. The molecular formula is C35H56N6O6. The number of anilines is 2. The van der Waals surface area contributed by atoms with Gasteiger partial charge in [0, 0.05) is 79.0 Å². The van der Waals surface area contributed by atoms with Crippen LogP contribution in [0.2, 0.25) is 0 Å². The molecule has 0 radical (unpaired) electrons. The summed E-state index contributed by atoms with van der Waals surface area (Å²) in [6.07, 6.45) is 12.2. The van der Waals surface area contributed by atoms with Gasteiger partial charge in [0.2, 0.25) is 18.7 Å². The Hall–Kier alpha value is -3.22. The fourth-order valence-corrected chi connectivity index (χ4v) is 7.82. The van der Waals surface area contributed by atoms with Gasteiger partial charge in [-0.3, -0.25) is 24.2 Å². The normalized spacial score (nSPS) is 22.9. The average molecular weight is 657 g/mol. The smallest absolute Gasteiger partial charge is 0.242 e. The Bertz CT molecular complexity index is 1150. The molecule has 4 aliphatic rings. The highest BCUT2D eigenvalue weighted by Crippen LogP contribution is 2.39. The van der Waals surface area contributed by atoms with Crippen molar-refractivity contribution >= 4 is 36.4 Å². The van der Waals surface area contributed by atoms with Crippen molar-refractivity contribution in [1.29, 1.82) is 0 Å². The molecule has 12 heteroatoms. The maximum Gasteiger partial charge on any atom is 0.242 e. The molecule has 0 spiro atoms. The van der Waals surface area contributed by atoms with Gasteiger partial charge in [-0.2, -0.15) is 0 Å². The second kappa shape index (κ2) is 18.4. The summed E-state index contributed by atoms with van der Waals surface area (Å²) in [7, 11) is 7.08. The summed E-state index contributed by atoms with van der Waals surface area (Å²) in [5.74, 6) is 0.333. The van der Waals surface area contributed by atoms with E-state index in [0.717, 1.165) is 83.2 Å². The number of ether oxygens (including phenoxy) is 2. The topological polar surface area (TPSA) is 115 Å². The number of para-hydroxylation sites is 1. The van der Waals surface area contributed by atoms with Crippen LogP contribution in [0.25, 0.3) is 0 Å². The van der Waals surface area contributed by atoms with Crippen molar-refractivity contribution in [3.8, 4) is 5.75 Å². The van der Waals surface area contributed by atoms with Crippen LogP contribution in [0, 0.1) is 0 Å². The predicted molar refractivity (Wildman–Crippen MR) is 183 cm³/mol. The third-order valence-corrected chi connectivity index (χ3v) is 10.3. The molecular weight excluding hydrogens is 600 g/mol. The summed E-state index contributed by atoms with van der Waals surface area (Å²) in [5, 5.41) is 2.60. The highest BCUT2D eigenvalue weighted by atomic mass is 16.5. The number of carbonyl (C=O) groups excluding carboxylic acids is 4. The molecule has 0 saturated carbocycles. The van der Waals surface area contributed by atoms with Crippen molar-refractivity contribution in [1.82, 2.24) is 20.0 Å². The molecule has 1 N–H and O–H groups in total. The van der Waals surface area contributed by atoms with Crippen LogP contribution in [-0.2, 0) is 23.9 Å². The number of benzene rings is 1. The number of nitrogens with zero attached hydrogens (tertiary/aromatic N) is 5. The molecule has 1 aromatic carbocycles. The lowest BCUT2D eigenvalue weighted by Gasteiger charge is -2.41. The number of likely N-dealkylation sites (N-methyl/N-ethyl adjacent to an activating group) is 1. The number of aldehydes is 1. The molecule has 5 rings (SSSR count). The van der Waals surface area contributed by atoms with E-state index in [1.165, 1.54) is 44.2 Å². The number of amides is 3. The first-order valence-corrected chi connectivity index (χ1v) is 17.4. The third-order valence-electron chi connectivity index (χ3n) is 10.3. The van der Waals surface area contributed by atoms with Gasteiger partial charge in [-0.05, 0) is 76.5 Å². The maximum atomic E-state index is 12.6. The number of piperidine rings is 2. The van der Waals surface area contributed by atoms with E-state index in [2.05, 4.69) is 15.1 Å². The second-order valence-electron chi connectivity index (χ2n) is 13.4. The van der Waals surface area contributed by atoms with Crippen LogP contribution in [0.5, 0.6) is 5.75 Å². The Kier molecular flexibility index (Phi) is 14.3. The average Bonchev–Trinajstić information content (AvgIpc) is 3.72. The molecule has 4 saturated heterocycles. The fraction of sp³-hybridized carbons (Fsp3) is 0.714. The molecule has 262 valence electrons. The lowest BCUT2D eigenvalue weighted by atomic mass is 9.99. The molecule has 0 bridgehead atoms. The zero-order chi connectivity index (χ0) is 33.8.